The third-order valence-corrected chi connectivity index (χ3v) is 4.95. The minimum absolute atomic E-state index is 0.0196. The van der Waals surface area contributed by atoms with E-state index in [1.54, 1.807) is 0 Å². The molecule has 94 valence electrons. The molecule has 3 nitrogen and oxygen atoms in total. The third-order valence-electron chi connectivity index (χ3n) is 4.95. The van der Waals surface area contributed by atoms with E-state index in [1.807, 2.05) is 0 Å². The summed E-state index contributed by atoms with van der Waals surface area (Å²) in [5.74, 6) is 0.711. The maximum absolute atomic E-state index is 11.9. The average molecular weight is 236 g/mol. The topological polar surface area (TPSA) is 46.5 Å². The van der Waals surface area contributed by atoms with Gasteiger partial charge in [0.25, 0.3) is 0 Å². The van der Waals surface area contributed by atoms with Crippen LogP contribution in [-0.4, -0.2) is 23.8 Å². The molecule has 1 N–H and O–H groups in total. The number of aliphatic hydroxyl groups excluding tert-OH is 1. The smallest absolute Gasteiger partial charge is 0.334 e. The quantitative estimate of drug-likeness (QED) is 0.653. The van der Waals surface area contributed by atoms with E-state index in [0.717, 1.165) is 24.0 Å². The normalized spacial score (nSPS) is 43.4. The SMILES string of the molecule is C[C@@H]1C[C@@H]2CC(C)(C)[C@H](O)[C@@H]2C2=C1COC2=O. The van der Waals surface area contributed by atoms with Gasteiger partial charge in [-0.3, -0.25) is 0 Å². The van der Waals surface area contributed by atoms with Gasteiger partial charge in [0.2, 0.25) is 0 Å². The lowest BCUT2D eigenvalue weighted by atomic mass is 9.72. The zero-order valence-electron chi connectivity index (χ0n) is 10.7. The van der Waals surface area contributed by atoms with Crippen LogP contribution >= 0.6 is 0 Å². The first-order valence-electron chi connectivity index (χ1n) is 6.50. The van der Waals surface area contributed by atoms with Crippen molar-refractivity contribution < 1.29 is 14.6 Å². The van der Waals surface area contributed by atoms with Gasteiger partial charge in [-0.25, -0.2) is 4.79 Å². The number of hydrogen-bond donors (Lipinski definition) is 1. The molecule has 0 spiro atoms. The molecule has 0 aromatic rings. The van der Waals surface area contributed by atoms with Gasteiger partial charge in [-0.05, 0) is 35.7 Å². The lowest BCUT2D eigenvalue weighted by Crippen LogP contribution is -2.34. The molecule has 1 heterocycles. The number of cyclic esters (lactones) is 1. The Morgan fingerprint density at radius 3 is 2.82 bits per heavy atom. The Labute approximate surface area is 102 Å². The van der Waals surface area contributed by atoms with Crippen molar-refractivity contribution in [2.24, 2.45) is 23.2 Å². The van der Waals surface area contributed by atoms with E-state index in [0.29, 0.717) is 18.4 Å². The molecule has 0 unspecified atom stereocenters. The number of carbonyl (C=O) groups is 1. The number of hydrogen-bond acceptors (Lipinski definition) is 3. The second-order valence-corrected chi connectivity index (χ2v) is 6.58. The molecule has 3 rings (SSSR count). The van der Waals surface area contributed by atoms with Crippen molar-refractivity contribution in [1.82, 2.24) is 0 Å². The van der Waals surface area contributed by atoms with Crippen molar-refractivity contribution in [1.29, 1.82) is 0 Å². The summed E-state index contributed by atoms with van der Waals surface area (Å²) in [5.41, 5.74) is 1.88. The highest BCUT2D eigenvalue weighted by Crippen LogP contribution is 2.55. The van der Waals surface area contributed by atoms with Crippen LogP contribution in [0.2, 0.25) is 0 Å². The molecule has 17 heavy (non-hydrogen) atoms. The fourth-order valence-corrected chi connectivity index (χ4v) is 4.08. The maximum Gasteiger partial charge on any atom is 0.334 e. The van der Waals surface area contributed by atoms with Crippen LogP contribution in [0.5, 0.6) is 0 Å². The second-order valence-electron chi connectivity index (χ2n) is 6.58. The number of ether oxygens (including phenoxy) is 1. The van der Waals surface area contributed by atoms with Crippen molar-refractivity contribution in [3.05, 3.63) is 11.1 Å². The first-order chi connectivity index (χ1) is 7.92. The van der Waals surface area contributed by atoms with Crippen molar-refractivity contribution >= 4 is 5.97 Å². The molecule has 2 aliphatic carbocycles. The molecular weight excluding hydrogens is 216 g/mol. The van der Waals surface area contributed by atoms with Crippen molar-refractivity contribution in [2.45, 2.75) is 39.7 Å². The predicted octanol–water partition coefficient (Wildman–Crippen LogP) is 1.90. The van der Waals surface area contributed by atoms with Crippen LogP contribution in [0, 0.1) is 23.2 Å². The molecule has 0 amide bonds. The van der Waals surface area contributed by atoms with Crippen molar-refractivity contribution in [3.8, 4) is 0 Å². The molecule has 3 heteroatoms. The van der Waals surface area contributed by atoms with E-state index in [2.05, 4.69) is 20.8 Å². The summed E-state index contributed by atoms with van der Waals surface area (Å²) in [6.07, 6.45) is 1.68. The molecule has 4 atom stereocenters. The predicted molar refractivity (Wildman–Crippen MR) is 63.2 cm³/mol. The molecule has 1 aliphatic heterocycles. The summed E-state index contributed by atoms with van der Waals surface area (Å²) in [5, 5.41) is 10.5. The van der Waals surface area contributed by atoms with E-state index in [-0.39, 0.29) is 17.3 Å². The lowest BCUT2D eigenvalue weighted by Gasteiger charge is -2.31. The lowest BCUT2D eigenvalue weighted by molar-refractivity contribution is -0.137. The summed E-state index contributed by atoms with van der Waals surface area (Å²) in [4.78, 5) is 11.9. The zero-order valence-corrected chi connectivity index (χ0v) is 10.7. The maximum atomic E-state index is 11.9. The molecule has 1 saturated carbocycles. The van der Waals surface area contributed by atoms with Crippen molar-refractivity contribution in [3.63, 3.8) is 0 Å². The summed E-state index contributed by atoms with van der Waals surface area (Å²) in [6, 6.07) is 0. The van der Waals surface area contributed by atoms with Gasteiger partial charge in [0.1, 0.15) is 6.61 Å². The molecular formula is C14H20O3. The van der Waals surface area contributed by atoms with E-state index in [4.69, 9.17) is 4.74 Å². The van der Waals surface area contributed by atoms with Crippen LogP contribution in [0.1, 0.15) is 33.6 Å². The number of aliphatic hydroxyl groups is 1. The second kappa shape index (κ2) is 3.35. The molecule has 0 bridgehead atoms. The van der Waals surface area contributed by atoms with Crippen LogP contribution in [0.25, 0.3) is 0 Å². The summed E-state index contributed by atoms with van der Waals surface area (Å²) < 4.78 is 5.17. The number of esters is 1. The highest BCUT2D eigenvalue weighted by atomic mass is 16.5. The first kappa shape index (κ1) is 11.3. The summed E-state index contributed by atoms with van der Waals surface area (Å²) in [7, 11) is 0. The van der Waals surface area contributed by atoms with Gasteiger partial charge in [-0.2, -0.15) is 0 Å². The zero-order chi connectivity index (χ0) is 12.4. The highest BCUT2D eigenvalue weighted by molar-refractivity contribution is 5.93. The molecule has 0 aromatic heterocycles. The van der Waals surface area contributed by atoms with Gasteiger partial charge in [0.15, 0.2) is 0 Å². The Balaban J connectivity index is 2.06. The van der Waals surface area contributed by atoms with Crippen molar-refractivity contribution in [2.75, 3.05) is 6.61 Å². The molecule has 0 saturated heterocycles. The minimum atomic E-state index is -0.407. The largest absolute Gasteiger partial charge is 0.458 e. The molecule has 0 aromatic carbocycles. The van der Waals surface area contributed by atoms with Gasteiger partial charge in [0, 0.05) is 11.5 Å². The average Bonchev–Trinajstić information content (AvgIpc) is 2.69. The van der Waals surface area contributed by atoms with E-state index in [1.165, 1.54) is 0 Å². The van der Waals surface area contributed by atoms with Gasteiger partial charge in [-0.15, -0.1) is 0 Å². The fourth-order valence-electron chi connectivity index (χ4n) is 4.08. The Bertz CT molecular complexity index is 408. The van der Waals surface area contributed by atoms with Gasteiger partial charge >= 0.3 is 5.97 Å². The van der Waals surface area contributed by atoms with E-state index in [9.17, 15) is 9.90 Å². The van der Waals surface area contributed by atoms with E-state index >= 15 is 0 Å². The Morgan fingerprint density at radius 1 is 1.41 bits per heavy atom. The molecule has 3 aliphatic rings. The Kier molecular flexibility index (Phi) is 2.22. The third kappa shape index (κ3) is 1.41. The standard InChI is InChI=1S/C14H20O3/c1-7-4-8-5-14(2,3)12(15)10(8)11-9(7)6-17-13(11)16/h7-8,10,12,15H,4-6H2,1-3H3/t7-,8-,10+,12-/m1/s1. The summed E-state index contributed by atoms with van der Waals surface area (Å²) >= 11 is 0. The molecule has 1 fully saturated rings. The monoisotopic (exact) mass is 236 g/mol. The van der Waals surface area contributed by atoms with Crippen LogP contribution < -0.4 is 0 Å². The van der Waals surface area contributed by atoms with Crippen LogP contribution in [0.3, 0.4) is 0 Å². The summed E-state index contributed by atoms with van der Waals surface area (Å²) in [6.45, 7) is 6.82. The Morgan fingerprint density at radius 2 is 2.12 bits per heavy atom. The van der Waals surface area contributed by atoms with Crippen LogP contribution in [0.4, 0.5) is 0 Å². The molecule has 0 radical (unpaired) electrons. The fraction of sp³-hybridized carbons (Fsp3) is 0.786. The number of carbonyl (C=O) groups excluding carboxylic acids is 1. The highest BCUT2D eigenvalue weighted by Gasteiger charge is 2.54. The minimum Gasteiger partial charge on any atom is -0.458 e. The number of fused-ring (bicyclic) bond motifs is 2. The van der Waals surface area contributed by atoms with Gasteiger partial charge < -0.3 is 9.84 Å². The van der Waals surface area contributed by atoms with Crippen LogP contribution in [0.15, 0.2) is 11.1 Å². The van der Waals surface area contributed by atoms with E-state index < -0.39 is 6.10 Å². The van der Waals surface area contributed by atoms with Crippen LogP contribution in [-0.2, 0) is 9.53 Å². The van der Waals surface area contributed by atoms with Gasteiger partial charge in [-0.1, -0.05) is 20.8 Å². The Hall–Kier alpha value is -0.830. The first-order valence-corrected chi connectivity index (χ1v) is 6.50. The van der Waals surface area contributed by atoms with Gasteiger partial charge in [0.05, 0.1) is 6.10 Å². The number of rotatable bonds is 0.